The van der Waals surface area contributed by atoms with E-state index in [0.29, 0.717) is 0 Å². The minimum Gasteiger partial charge on any atom is -0.542 e. The van der Waals surface area contributed by atoms with E-state index in [1.165, 1.54) is 22.6 Å². The Morgan fingerprint density at radius 1 is 0.606 bits per heavy atom. The Hall–Kier alpha value is -2.16. The first kappa shape index (κ1) is 30.8. The molecule has 2 rings (SSSR count). The van der Waals surface area contributed by atoms with Crippen molar-refractivity contribution in [2.45, 2.75) is 89.1 Å². The van der Waals surface area contributed by atoms with Gasteiger partial charge < -0.3 is 29.6 Å². The molecule has 0 aromatic rings. The number of amides is 2. The predicted octanol–water partition coefficient (Wildman–Crippen LogP) is -1.03. The normalized spacial score (nSPS) is 16.3. The van der Waals surface area contributed by atoms with Gasteiger partial charge in [-0.2, -0.15) is 0 Å². The minimum absolute atomic E-state index is 0. The number of carboxylic acid groups (broad SMARTS) is 2. The summed E-state index contributed by atoms with van der Waals surface area (Å²) < 4.78 is 0. The molecular formula is C22H32N2O8Zn. The van der Waals surface area contributed by atoms with Gasteiger partial charge in [-0.15, -0.1) is 0 Å². The van der Waals surface area contributed by atoms with Crippen LogP contribution in [-0.4, -0.2) is 71.3 Å². The number of Topliss-reactive ketones (excluding diaryl/α,β-unsaturated/α-hetero) is 2. The first-order valence-corrected chi connectivity index (χ1v) is 11.0. The Bertz CT molecular complexity index is 655. The van der Waals surface area contributed by atoms with Crippen LogP contribution >= 0.6 is 0 Å². The van der Waals surface area contributed by atoms with E-state index in [9.17, 15) is 39.0 Å². The molecule has 2 saturated carbocycles. The average Bonchev–Trinajstić information content (AvgIpc) is 2.79. The van der Waals surface area contributed by atoms with Crippen molar-refractivity contribution in [2.24, 2.45) is 0 Å². The Morgan fingerprint density at radius 2 is 0.879 bits per heavy atom. The summed E-state index contributed by atoms with van der Waals surface area (Å²) in [5.41, 5.74) is 0. The van der Waals surface area contributed by atoms with Crippen molar-refractivity contribution in [3.05, 3.63) is 0 Å². The van der Waals surface area contributed by atoms with Crippen molar-refractivity contribution in [3.8, 4) is 0 Å². The third-order valence-electron chi connectivity index (χ3n) is 6.11. The number of hydrogen-bond acceptors (Lipinski definition) is 8. The molecule has 0 aromatic carbocycles. The molecule has 0 atom stereocenters. The number of hydrogen-bond donors (Lipinski definition) is 0. The second-order valence-corrected chi connectivity index (χ2v) is 8.37. The fourth-order valence-electron chi connectivity index (χ4n) is 4.01. The monoisotopic (exact) mass is 516 g/mol. The van der Waals surface area contributed by atoms with E-state index in [0.717, 1.165) is 51.4 Å². The molecule has 10 nitrogen and oxygen atoms in total. The summed E-state index contributed by atoms with van der Waals surface area (Å²) in [7, 11) is 3.25. The summed E-state index contributed by atoms with van der Waals surface area (Å²) in [4.78, 5) is 68.2. The topological polar surface area (TPSA) is 155 Å². The van der Waals surface area contributed by atoms with Gasteiger partial charge in [-0.1, -0.05) is 38.5 Å². The van der Waals surface area contributed by atoms with E-state index in [1.807, 2.05) is 0 Å². The van der Waals surface area contributed by atoms with Gasteiger partial charge in [0.1, 0.15) is 11.9 Å². The van der Waals surface area contributed by atoms with Crippen LogP contribution in [0.1, 0.15) is 77.0 Å². The maximum Gasteiger partial charge on any atom is 2.00 e. The molecule has 180 valence electrons. The Kier molecular flexibility index (Phi) is 14.6. The van der Waals surface area contributed by atoms with Gasteiger partial charge in [0.25, 0.3) is 0 Å². The van der Waals surface area contributed by atoms with Crippen LogP contribution in [0, 0.1) is 0 Å². The molecule has 11 heteroatoms. The number of carbonyl (C=O) groups is 6. The molecule has 0 aromatic heterocycles. The number of carboxylic acids is 2. The zero-order chi connectivity index (χ0) is 24.3. The van der Waals surface area contributed by atoms with Crippen molar-refractivity contribution in [1.82, 2.24) is 9.80 Å². The van der Waals surface area contributed by atoms with Crippen molar-refractivity contribution in [1.29, 1.82) is 0 Å². The molecule has 0 spiro atoms. The molecule has 33 heavy (non-hydrogen) atoms. The number of ketones is 2. The quantitative estimate of drug-likeness (QED) is 0.225. The molecular weight excluding hydrogens is 486 g/mol. The zero-order valence-electron chi connectivity index (χ0n) is 19.5. The summed E-state index contributed by atoms with van der Waals surface area (Å²) >= 11 is 0. The summed E-state index contributed by atoms with van der Waals surface area (Å²) in [6.07, 6.45) is 9.23. The predicted molar refractivity (Wildman–Crippen MR) is 109 cm³/mol. The minimum atomic E-state index is -1.79. The van der Waals surface area contributed by atoms with Crippen LogP contribution < -0.4 is 10.2 Å². The second kappa shape index (κ2) is 15.6. The Balaban J connectivity index is 0.000000602. The molecule has 0 radical (unpaired) electrons. The van der Waals surface area contributed by atoms with Crippen LogP contribution in [0.5, 0.6) is 0 Å². The molecule has 0 saturated heterocycles. The summed E-state index contributed by atoms with van der Waals surface area (Å²) in [6, 6.07) is 0.298. The van der Waals surface area contributed by atoms with Crippen LogP contribution in [0.25, 0.3) is 0 Å². The molecule has 2 aliphatic rings. The van der Waals surface area contributed by atoms with Gasteiger partial charge in [-0.3, -0.25) is 19.2 Å². The van der Waals surface area contributed by atoms with E-state index < -0.39 is 48.2 Å². The molecule has 0 N–H and O–H groups in total. The molecule has 2 amide bonds. The van der Waals surface area contributed by atoms with Gasteiger partial charge in [0, 0.05) is 26.2 Å². The maximum absolute atomic E-state index is 11.6. The van der Waals surface area contributed by atoms with Gasteiger partial charge in [-0.25, -0.2) is 0 Å². The van der Waals surface area contributed by atoms with E-state index in [2.05, 4.69) is 0 Å². The van der Waals surface area contributed by atoms with E-state index in [4.69, 9.17) is 0 Å². The zero-order valence-corrected chi connectivity index (χ0v) is 22.5. The van der Waals surface area contributed by atoms with E-state index in [-0.39, 0.29) is 31.6 Å². The largest absolute Gasteiger partial charge is 2.00 e. The average molecular weight is 518 g/mol. The van der Waals surface area contributed by atoms with Crippen molar-refractivity contribution in [2.75, 3.05) is 14.1 Å². The standard InChI is InChI=1S/2C11H17NO4.Zn/c2*1-12(8-5-3-2-4-6-8)10(14)7-9(13)11(15)16;/h2*8H,2-7H2,1H3,(H,15,16);/q;;+2/p-2. The van der Waals surface area contributed by atoms with Crippen LogP contribution in [0.3, 0.4) is 0 Å². The molecule has 2 fully saturated rings. The third-order valence-corrected chi connectivity index (χ3v) is 6.11. The fourth-order valence-corrected chi connectivity index (χ4v) is 4.01. The first-order valence-electron chi connectivity index (χ1n) is 11.0. The number of nitrogens with zero attached hydrogens (tertiary/aromatic N) is 2. The smallest absolute Gasteiger partial charge is 0.542 e. The molecule has 0 heterocycles. The Morgan fingerprint density at radius 3 is 1.12 bits per heavy atom. The van der Waals surface area contributed by atoms with Crippen molar-refractivity contribution < 1.29 is 58.5 Å². The van der Waals surface area contributed by atoms with Gasteiger partial charge in [0.2, 0.25) is 11.8 Å². The van der Waals surface area contributed by atoms with Gasteiger partial charge >= 0.3 is 19.5 Å². The summed E-state index contributed by atoms with van der Waals surface area (Å²) in [6.45, 7) is 0. The van der Waals surface area contributed by atoms with Crippen LogP contribution in [-0.2, 0) is 48.2 Å². The van der Waals surface area contributed by atoms with Crippen LogP contribution in [0.15, 0.2) is 0 Å². The maximum atomic E-state index is 11.6. The van der Waals surface area contributed by atoms with Crippen molar-refractivity contribution >= 4 is 35.3 Å². The molecule has 0 aliphatic heterocycles. The SMILES string of the molecule is CN(C(=O)CC(=O)C(=O)[O-])C1CCCCC1.CN(C(=O)CC(=O)C(=O)[O-])C1CCCCC1.[Zn+2]. The summed E-state index contributed by atoms with van der Waals surface area (Å²) in [5, 5.41) is 20.4. The van der Waals surface area contributed by atoms with Crippen LogP contribution in [0.4, 0.5) is 0 Å². The molecule has 0 unspecified atom stereocenters. The number of rotatable bonds is 8. The Labute approximate surface area is 206 Å². The first-order chi connectivity index (χ1) is 15.0. The van der Waals surface area contributed by atoms with E-state index in [1.54, 1.807) is 14.1 Å². The molecule has 2 aliphatic carbocycles. The van der Waals surface area contributed by atoms with Gasteiger partial charge in [-0.05, 0) is 25.7 Å². The number of carbonyl (C=O) groups excluding carboxylic acids is 6. The number of aliphatic carboxylic acids is 2. The van der Waals surface area contributed by atoms with Gasteiger partial charge in [0.15, 0.2) is 11.6 Å². The second-order valence-electron chi connectivity index (χ2n) is 8.37. The summed E-state index contributed by atoms with van der Waals surface area (Å²) in [5.74, 6) is -6.72. The molecule has 0 bridgehead atoms. The van der Waals surface area contributed by atoms with Crippen molar-refractivity contribution in [3.63, 3.8) is 0 Å². The third kappa shape index (κ3) is 11.0. The fraction of sp³-hybridized carbons (Fsp3) is 0.727. The van der Waals surface area contributed by atoms with Crippen LogP contribution in [0.2, 0.25) is 0 Å². The van der Waals surface area contributed by atoms with E-state index >= 15 is 0 Å². The van der Waals surface area contributed by atoms with Gasteiger partial charge in [0.05, 0.1) is 12.8 Å².